The molecule has 0 unspecified atom stereocenters. The third-order valence-electron chi connectivity index (χ3n) is 2.53. The molecule has 108 valence electrons. The average Bonchev–Trinajstić information content (AvgIpc) is 2.70. The quantitative estimate of drug-likeness (QED) is 0.916. The van der Waals surface area contributed by atoms with Gasteiger partial charge in [0.25, 0.3) is 0 Å². The van der Waals surface area contributed by atoms with E-state index in [1.54, 1.807) is 6.92 Å². The second-order valence-electron chi connectivity index (χ2n) is 4.08. The number of sulfonamides is 1. The normalized spacial score (nSPS) is 11.8. The summed E-state index contributed by atoms with van der Waals surface area (Å²) < 4.78 is 37.9. The van der Waals surface area contributed by atoms with Crippen molar-refractivity contribution in [3.8, 4) is 5.69 Å². The molecule has 0 radical (unpaired) electrons. The van der Waals surface area contributed by atoms with Crippen LogP contribution in [0.25, 0.3) is 5.69 Å². The number of hydrogen-bond acceptors (Lipinski definition) is 5. The first-order valence-corrected chi connectivity index (χ1v) is 8.51. The van der Waals surface area contributed by atoms with Crippen molar-refractivity contribution in [2.75, 3.05) is 6.26 Å². The van der Waals surface area contributed by atoms with Crippen molar-refractivity contribution in [1.29, 1.82) is 0 Å². The van der Waals surface area contributed by atoms with Crippen molar-refractivity contribution < 1.29 is 12.8 Å². The summed E-state index contributed by atoms with van der Waals surface area (Å²) in [7, 11) is -3.90. The summed E-state index contributed by atoms with van der Waals surface area (Å²) in [5.74, 6) is 0.958. The first-order chi connectivity index (χ1) is 9.32. The fraction of sp³-hybridized carbons (Fsp3) is 0.273. The molecule has 2 aromatic rings. The summed E-state index contributed by atoms with van der Waals surface area (Å²) in [6, 6.07) is 3.32. The Hall–Kier alpha value is -1.45. The van der Waals surface area contributed by atoms with Crippen LogP contribution in [0.1, 0.15) is 11.6 Å². The van der Waals surface area contributed by atoms with Crippen molar-refractivity contribution in [3.63, 3.8) is 0 Å². The van der Waals surface area contributed by atoms with Gasteiger partial charge in [-0.05, 0) is 31.4 Å². The van der Waals surface area contributed by atoms with E-state index in [4.69, 9.17) is 5.14 Å². The van der Waals surface area contributed by atoms with Gasteiger partial charge in [-0.1, -0.05) is 0 Å². The second-order valence-corrected chi connectivity index (χ2v) is 6.51. The van der Waals surface area contributed by atoms with Gasteiger partial charge >= 0.3 is 0 Å². The van der Waals surface area contributed by atoms with Crippen LogP contribution in [0.3, 0.4) is 0 Å². The minimum absolute atomic E-state index is 0.0150. The van der Waals surface area contributed by atoms with Crippen molar-refractivity contribution in [2.45, 2.75) is 17.6 Å². The Morgan fingerprint density at radius 3 is 2.75 bits per heavy atom. The largest absolute Gasteiger partial charge is 0.238 e. The van der Waals surface area contributed by atoms with Crippen LogP contribution in [0.4, 0.5) is 4.39 Å². The lowest BCUT2D eigenvalue weighted by Gasteiger charge is -2.08. The molecule has 0 spiro atoms. The van der Waals surface area contributed by atoms with Gasteiger partial charge in [-0.2, -0.15) is 16.9 Å². The summed E-state index contributed by atoms with van der Waals surface area (Å²) in [5, 5.41) is 9.16. The lowest BCUT2D eigenvalue weighted by Crippen LogP contribution is -2.14. The highest BCUT2D eigenvalue weighted by Crippen LogP contribution is 2.20. The Morgan fingerprint density at radius 1 is 1.45 bits per heavy atom. The number of thioether (sulfide) groups is 1. The molecule has 0 amide bonds. The highest BCUT2D eigenvalue weighted by Gasteiger charge is 2.16. The number of aryl methyl sites for hydroxylation is 1. The predicted molar refractivity (Wildman–Crippen MR) is 74.6 cm³/mol. The van der Waals surface area contributed by atoms with E-state index in [0.29, 0.717) is 17.4 Å². The Bertz CT molecular complexity index is 743. The molecule has 6 nitrogen and oxygen atoms in total. The summed E-state index contributed by atoms with van der Waals surface area (Å²) in [6.07, 6.45) is 1.88. The molecule has 0 bridgehead atoms. The first-order valence-electron chi connectivity index (χ1n) is 5.57. The molecule has 1 heterocycles. The van der Waals surface area contributed by atoms with E-state index in [9.17, 15) is 12.8 Å². The van der Waals surface area contributed by atoms with E-state index < -0.39 is 15.8 Å². The van der Waals surface area contributed by atoms with Gasteiger partial charge in [0.05, 0.1) is 10.6 Å². The monoisotopic (exact) mass is 316 g/mol. The van der Waals surface area contributed by atoms with Crippen LogP contribution >= 0.6 is 11.8 Å². The Morgan fingerprint density at radius 2 is 2.15 bits per heavy atom. The van der Waals surface area contributed by atoms with Crippen molar-refractivity contribution in [2.24, 2.45) is 5.14 Å². The molecular weight excluding hydrogens is 303 g/mol. The summed E-state index contributed by atoms with van der Waals surface area (Å²) >= 11 is 1.50. The molecule has 0 aliphatic rings. The molecule has 0 aliphatic heterocycles. The van der Waals surface area contributed by atoms with E-state index in [0.717, 1.165) is 18.2 Å². The lowest BCUT2D eigenvalue weighted by molar-refractivity contribution is 0.593. The van der Waals surface area contributed by atoms with E-state index in [1.165, 1.54) is 16.4 Å². The standard InChI is InChI=1S/C11H13FN4O2S2/c1-7-14-11(6-19-2)16(15-7)10-5-8(20(13,17)18)3-4-9(10)12/h3-5H,6H2,1-2H3,(H2,13,17,18). The number of primary sulfonamides is 1. The van der Waals surface area contributed by atoms with Gasteiger partial charge in [-0.25, -0.2) is 27.6 Å². The number of aromatic nitrogens is 3. The number of benzene rings is 1. The topological polar surface area (TPSA) is 90.9 Å². The van der Waals surface area contributed by atoms with Crippen molar-refractivity contribution in [1.82, 2.24) is 14.8 Å². The molecule has 0 saturated heterocycles. The Balaban J connectivity index is 2.63. The molecular formula is C11H13FN4O2S2. The lowest BCUT2D eigenvalue weighted by atomic mass is 10.3. The zero-order valence-corrected chi connectivity index (χ0v) is 12.5. The molecule has 2 rings (SSSR count). The molecule has 20 heavy (non-hydrogen) atoms. The molecule has 0 fully saturated rings. The fourth-order valence-corrected chi connectivity index (χ4v) is 2.68. The maximum absolute atomic E-state index is 13.9. The van der Waals surface area contributed by atoms with Gasteiger partial charge in [0, 0.05) is 0 Å². The SMILES string of the molecule is CSCc1nc(C)nn1-c1cc(S(N)(=O)=O)ccc1F. The van der Waals surface area contributed by atoms with Gasteiger partial charge in [-0.3, -0.25) is 0 Å². The zero-order valence-electron chi connectivity index (χ0n) is 10.9. The number of rotatable bonds is 4. The molecule has 1 aromatic carbocycles. The Labute approximate surface area is 120 Å². The van der Waals surface area contributed by atoms with Gasteiger partial charge in [0.1, 0.15) is 23.2 Å². The van der Waals surface area contributed by atoms with E-state index in [-0.39, 0.29) is 10.6 Å². The third-order valence-corrected chi connectivity index (χ3v) is 3.99. The predicted octanol–water partition coefficient (Wildman–Crippen LogP) is 1.23. The van der Waals surface area contributed by atoms with E-state index >= 15 is 0 Å². The molecule has 0 saturated carbocycles. The fourth-order valence-electron chi connectivity index (χ4n) is 1.71. The maximum atomic E-state index is 13.9. The summed E-state index contributed by atoms with van der Waals surface area (Å²) in [4.78, 5) is 4.02. The third kappa shape index (κ3) is 3.00. The molecule has 1 aromatic heterocycles. The van der Waals surface area contributed by atoms with Gasteiger partial charge < -0.3 is 0 Å². The van der Waals surface area contributed by atoms with Crippen LogP contribution in [0.5, 0.6) is 0 Å². The van der Waals surface area contributed by atoms with Crippen LogP contribution in [0.15, 0.2) is 23.1 Å². The van der Waals surface area contributed by atoms with Crippen LogP contribution in [0.2, 0.25) is 0 Å². The summed E-state index contributed by atoms with van der Waals surface area (Å²) in [5.41, 5.74) is 0.0150. The number of hydrogen-bond donors (Lipinski definition) is 1. The molecule has 0 atom stereocenters. The highest BCUT2D eigenvalue weighted by molar-refractivity contribution is 7.97. The number of halogens is 1. The number of nitrogens with two attached hydrogens (primary N) is 1. The van der Waals surface area contributed by atoms with Crippen LogP contribution < -0.4 is 5.14 Å². The summed E-state index contributed by atoms with van der Waals surface area (Å²) in [6.45, 7) is 1.68. The van der Waals surface area contributed by atoms with Crippen LogP contribution in [-0.4, -0.2) is 29.4 Å². The van der Waals surface area contributed by atoms with Crippen molar-refractivity contribution >= 4 is 21.8 Å². The van der Waals surface area contributed by atoms with Crippen LogP contribution in [-0.2, 0) is 15.8 Å². The minimum Gasteiger partial charge on any atom is -0.225 e. The second kappa shape index (κ2) is 5.51. The zero-order chi connectivity index (χ0) is 14.9. The van der Waals surface area contributed by atoms with Gasteiger partial charge in [-0.15, -0.1) is 0 Å². The minimum atomic E-state index is -3.90. The van der Waals surface area contributed by atoms with Gasteiger partial charge in [0.2, 0.25) is 10.0 Å². The highest BCUT2D eigenvalue weighted by atomic mass is 32.2. The molecule has 2 N–H and O–H groups in total. The smallest absolute Gasteiger partial charge is 0.225 e. The Kier molecular flexibility index (Phi) is 4.11. The average molecular weight is 316 g/mol. The van der Waals surface area contributed by atoms with Crippen molar-refractivity contribution in [3.05, 3.63) is 35.7 Å². The van der Waals surface area contributed by atoms with Gasteiger partial charge in [0.15, 0.2) is 0 Å². The van der Waals surface area contributed by atoms with Crippen LogP contribution in [0, 0.1) is 12.7 Å². The maximum Gasteiger partial charge on any atom is 0.238 e. The molecule has 0 aliphatic carbocycles. The molecule has 9 heteroatoms. The van der Waals surface area contributed by atoms with E-state index in [2.05, 4.69) is 10.1 Å². The number of nitrogens with zero attached hydrogens (tertiary/aromatic N) is 3. The first kappa shape index (κ1) is 14.9. The van der Waals surface area contributed by atoms with E-state index in [1.807, 2.05) is 6.26 Å².